The van der Waals surface area contributed by atoms with E-state index in [2.05, 4.69) is 25.4 Å². The highest BCUT2D eigenvalue weighted by Crippen LogP contribution is 2.40. The molecule has 0 unspecified atom stereocenters. The van der Waals surface area contributed by atoms with E-state index in [-0.39, 0.29) is 23.8 Å². The van der Waals surface area contributed by atoms with Gasteiger partial charge < -0.3 is 10.2 Å². The van der Waals surface area contributed by atoms with E-state index in [0.29, 0.717) is 30.2 Å². The van der Waals surface area contributed by atoms with Gasteiger partial charge in [0.15, 0.2) is 5.82 Å². The van der Waals surface area contributed by atoms with Crippen LogP contribution in [0.25, 0.3) is 0 Å². The van der Waals surface area contributed by atoms with E-state index in [1.54, 1.807) is 58.8 Å². The van der Waals surface area contributed by atoms with Crippen molar-refractivity contribution in [2.75, 3.05) is 11.4 Å². The number of aromatic nitrogens is 5. The van der Waals surface area contributed by atoms with Crippen molar-refractivity contribution in [3.05, 3.63) is 102 Å². The van der Waals surface area contributed by atoms with E-state index in [1.807, 2.05) is 38.1 Å². The third-order valence-electron chi connectivity index (χ3n) is 6.02. The molecule has 1 N–H and O–H groups in total. The maximum atomic E-state index is 13.3. The van der Waals surface area contributed by atoms with Gasteiger partial charge in [-0.15, -0.1) is 0 Å². The highest BCUT2D eigenvalue weighted by molar-refractivity contribution is 6.07. The van der Waals surface area contributed by atoms with Crippen LogP contribution in [0.2, 0.25) is 0 Å². The molecule has 1 aromatic carbocycles. The molecule has 9 nitrogen and oxygen atoms in total. The van der Waals surface area contributed by atoms with E-state index in [1.165, 1.54) is 0 Å². The molecule has 0 radical (unpaired) electrons. The molecule has 176 valence electrons. The standard InChI is InChI=1S/C26H25N7O2/c1-17(2)33-16-30-24(31-33)21-15-32(26(35)22-5-3-4-10-28-22)23-7-6-19(13-20(21)23)25(34)29-14-18-8-11-27-12-9-18/h3-13,16-17,21H,14-15H2,1-2H3,(H,29,34)/t21-/m1/s1. The van der Waals surface area contributed by atoms with E-state index in [9.17, 15) is 9.59 Å². The normalized spacial score (nSPS) is 14.7. The second-order valence-electron chi connectivity index (χ2n) is 8.67. The van der Waals surface area contributed by atoms with Crippen molar-refractivity contribution in [3.8, 4) is 0 Å². The first-order valence-electron chi connectivity index (χ1n) is 11.5. The Balaban J connectivity index is 1.47. The van der Waals surface area contributed by atoms with Gasteiger partial charge in [0.2, 0.25) is 0 Å². The molecule has 1 aliphatic rings. The minimum Gasteiger partial charge on any atom is -0.348 e. The van der Waals surface area contributed by atoms with E-state index in [0.717, 1.165) is 16.8 Å². The van der Waals surface area contributed by atoms with Crippen molar-refractivity contribution in [3.63, 3.8) is 0 Å². The Morgan fingerprint density at radius 3 is 2.60 bits per heavy atom. The number of rotatable bonds is 6. The maximum Gasteiger partial charge on any atom is 0.276 e. The molecule has 0 spiro atoms. The molecule has 1 atom stereocenters. The van der Waals surface area contributed by atoms with Crippen molar-refractivity contribution in [2.24, 2.45) is 0 Å². The number of amides is 2. The van der Waals surface area contributed by atoms with Gasteiger partial charge in [-0.3, -0.25) is 24.2 Å². The van der Waals surface area contributed by atoms with E-state index in [4.69, 9.17) is 0 Å². The Morgan fingerprint density at radius 2 is 1.89 bits per heavy atom. The van der Waals surface area contributed by atoms with Crippen LogP contribution in [0.3, 0.4) is 0 Å². The van der Waals surface area contributed by atoms with Gasteiger partial charge in [0.05, 0.1) is 5.92 Å². The molecular formula is C26H25N7O2. The first kappa shape index (κ1) is 22.4. The first-order chi connectivity index (χ1) is 17.0. The lowest BCUT2D eigenvalue weighted by Gasteiger charge is -2.17. The minimum absolute atomic E-state index is 0.161. The van der Waals surface area contributed by atoms with Crippen molar-refractivity contribution >= 4 is 17.5 Å². The molecule has 5 rings (SSSR count). The van der Waals surface area contributed by atoms with Crippen LogP contribution in [0.5, 0.6) is 0 Å². The Labute approximate surface area is 202 Å². The summed E-state index contributed by atoms with van der Waals surface area (Å²) in [5, 5.41) is 7.60. The molecule has 0 fully saturated rings. The fourth-order valence-electron chi connectivity index (χ4n) is 4.12. The van der Waals surface area contributed by atoms with Crippen LogP contribution in [-0.4, -0.2) is 43.1 Å². The number of pyridine rings is 2. The zero-order valence-corrected chi connectivity index (χ0v) is 19.5. The van der Waals surface area contributed by atoms with Gasteiger partial charge in [-0.1, -0.05) is 6.07 Å². The summed E-state index contributed by atoms with van der Waals surface area (Å²) in [5.74, 6) is -0.0395. The summed E-state index contributed by atoms with van der Waals surface area (Å²) < 4.78 is 1.80. The van der Waals surface area contributed by atoms with Crippen LogP contribution in [0.15, 0.2) is 73.4 Å². The van der Waals surface area contributed by atoms with Crippen LogP contribution < -0.4 is 10.2 Å². The zero-order valence-electron chi connectivity index (χ0n) is 19.5. The molecular weight excluding hydrogens is 442 g/mol. The Hall–Kier alpha value is -4.40. The van der Waals surface area contributed by atoms with Gasteiger partial charge in [-0.25, -0.2) is 4.98 Å². The molecule has 0 aliphatic carbocycles. The maximum absolute atomic E-state index is 13.3. The largest absolute Gasteiger partial charge is 0.348 e. The Morgan fingerprint density at radius 1 is 1.06 bits per heavy atom. The highest BCUT2D eigenvalue weighted by atomic mass is 16.2. The van der Waals surface area contributed by atoms with Crippen molar-refractivity contribution < 1.29 is 9.59 Å². The number of nitrogens with one attached hydrogen (secondary N) is 1. The average Bonchev–Trinajstić information content (AvgIpc) is 3.53. The smallest absolute Gasteiger partial charge is 0.276 e. The number of benzene rings is 1. The van der Waals surface area contributed by atoms with E-state index >= 15 is 0 Å². The summed E-state index contributed by atoms with van der Waals surface area (Å²) in [6, 6.07) is 14.5. The number of hydrogen-bond donors (Lipinski definition) is 1. The zero-order chi connectivity index (χ0) is 24.4. The molecule has 9 heteroatoms. The SMILES string of the molecule is CC(C)n1cnc([C@@H]2CN(C(=O)c3ccccn3)c3ccc(C(=O)NCc4ccncc4)cc32)n1. The molecule has 0 bridgehead atoms. The molecule has 4 heterocycles. The molecule has 0 saturated carbocycles. The first-order valence-corrected chi connectivity index (χ1v) is 11.5. The number of fused-ring (bicyclic) bond motifs is 1. The van der Waals surface area contributed by atoms with Gasteiger partial charge in [0.25, 0.3) is 11.8 Å². The predicted molar refractivity (Wildman–Crippen MR) is 130 cm³/mol. The minimum atomic E-state index is -0.259. The number of carbonyl (C=O) groups is 2. The van der Waals surface area contributed by atoms with Gasteiger partial charge in [-0.2, -0.15) is 5.10 Å². The third kappa shape index (κ3) is 4.52. The summed E-state index contributed by atoms with van der Waals surface area (Å²) in [6.45, 7) is 4.83. The lowest BCUT2D eigenvalue weighted by molar-refractivity contribution is 0.0949. The average molecular weight is 468 g/mol. The summed E-state index contributed by atoms with van der Waals surface area (Å²) in [4.78, 5) is 40.7. The Bertz CT molecular complexity index is 1350. The van der Waals surface area contributed by atoms with Crippen molar-refractivity contribution in [2.45, 2.75) is 32.4 Å². The highest BCUT2D eigenvalue weighted by Gasteiger charge is 2.37. The summed E-state index contributed by atoms with van der Waals surface area (Å²) in [7, 11) is 0. The summed E-state index contributed by atoms with van der Waals surface area (Å²) in [5.41, 5.74) is 3.41. The van der Waals surface area contributed by atoms with Crippen LogP contribution in [0.4, 0.5) is 5.69 Å². The fraction of sp³-hybridized carbons (Fsp3) is 0.231. The third-order valence-corrected chi connectivity index (χ3v) is 6.02. The van der Waals surface area contributed by atoms with E-state index < -0.39 is 0 Å². The van der Waals surface area contributed by atoms with Gasteiger partial charge >= 0.3 is 0 Å². The van der Waals surface area contributed by atoms with Gasteiger partial charge in [0.1, 0.15) is 12.0 Å². The van der Waals surface area contributed by atoms with Crippen molar-refractivity contribution in [1.82, 2.24) is 30.0 Å². The number of hydrogen-bond acceptors (Lipinski definition) is 6. The second-order valence-corrected chi connectivity index (χ2v) is 8.67. The molecule has 0 saturated heterocycles. The molecule has 4 aromatic rings. The fourth-order valence-corrected chi connectivity index (χ4v) is 4.12. The van der Waals surface area contributed by atoms with Crippen LogP contribution in [0, 0.1) is 0 Å². The lowest BCUT2D eigenvalue weighted by Crippen LogP contribution is -2.30. The Kier molecular flexibility index (Phi) is 6.05. The predicted octanol–water partition coefficient (Wildman–Crippen LogP) is 3.37. The topological polar surface area (TPSA) is 106 Å². The van der Waals surface area contributed by atoms with Crippen molar-refractivity contribution in [1.29, 1.82) is 0 Å². The molecule has 3 aromatic heterocycles. The van der Waals surface area contributed by atoms with Gasteiger partial charge in [-0.05, 0) is 67.4 Å². The van der Waals surface area contributed by atoms with Gasteiger partial charge in [0, 0.05) is 49.0 Å². The number of anilines is 1. The summed E-state index contributed by atoms with van der Waals surface area (Å²) in [6.07, 6.45) is 6.69. The quantitative estimate of drug-likeness (QED) is 0.466. The molecule has 1 aliphatic heterocycles. The van der Waals surface area contributed by atoms with Crippen LogP contribution >= 0.6 is 0 Å². The monoisotopic (exact) mass is 467 g/mol. The molecule has 35 heavy (non-hydrogen) atoms. The molecule has 2 amide bonds. The number of carbonyl (C=O) groups excluding carboxylic acids is 2. The van der Waals surface area contributed by atoms with Crippen LogP contribution in [0.1, 0.15) is 63.6 Å². The number of nitrogens with zero attached hydrogens (tertiary/aromatic N) is 6. The lowest BCUT2D eigenvalue weighted by atomic mass is 9.98. The summed E-state index contributed by atoms with van der Waals surface area (Å²) >= 11 is 0. The van der Waals surface area contributed by atoms with Crippen LogP contribution in [-0.2, 0) is 6.54 Å². The second kappa shape index (κ2) is 9.46.